The van der Waals surface area contributed by atoms with Gasteiger partial charge in [0.1, 0.15) is 5.75 Å². The molecule has 2 rings (SSSR count). The number of rotatable bonds is 7. The lowest BCUT2D eigenvalue weighted by atomic mass is 9.73. The molecule has 1 saturated carbocycles. The van der Waals surface area contributed by atoms with Gasteiger partial charge in [-0.25, -0.2) is 0 Å². The first kappa shape index (κ1) is 15.4. The number of ether oxygens (including phenoxy) is 1. The first-order valence-electron chi connectivity index (χ1n) is 8.16. The Labute approximate surface area is 123 Å². The van der Waals surface area contributed by atoms with Gasteiger partial charge in [0.2, 0.25) is 0 Å². The van der Waals surface area contributed by atoms with Crippen molar-refractivity contribution in [1.82, 2.24) is 5.32 Å². The quantitative estimate of drug-likeness (QED) is 0.778. The van der Waals surface area contributed by atoms with Gasteiger partial charge in [-0.05, 0) is 44.2 Å². The second-order valence-corrected chi connectivity index (χ2v) is 6.03. The van der Waals surface area contributed by atoms with Gasteiger partial charge in [0, 0.05) is 11.6 Å². The smallest absolute Gasteiger partial charge is 0.124 e. The molecule has 2 heteroatoms. The van der Waals surface area contributed by atoms with E-state index in [9.17, 15) is 0 Å². The van der Waals surface area contributed by atoms with Crippen molar-refractivity contribution >= 4 is 0 Å². The molecule has 1 unspecified atom stereocenters. The van der Waals surface area contributed by atoms with Gasteiger partial charge in [0.05, 0.1) is 6.61 Å². The minimum absolute atomic E-state index is 0.403. The van der Waals surface area contributed by atoms with Crippen LogP contribution in [0, 0.1) is 5.41 Å². The fraction of sp³-hybridized carbons (Fsp3) is 0.667. The lowest BCUT2D eigenvalue weighted by Gasteiger charge is -2.38. The van der Waals surface area contributed by atoms with Crippen molar-refractivity contribution in [1.29, 1.82) is 0 Å². The third-order valence-electron chi connectivity index (χ3n) is 4.90. The van der Waals surface area contributed by atoms with Gasteiger partial charge in [-0.3, -0.25) is 0 Å². The molecule has 0 bridgehead atoms. The van der Waals surface area contributed by atoms with Crippen molar-refractivity contribution in [2.75, 3.05) is 13.7 Å². The Morgan fingerprint density at radius 3 is 2.50 bits per heavy atom. The molecule has 112 valence electrons. The van der Waals surface area contributed by atoms with Gasteiger partial charge in [-0.1, -0.05) is 44.9 Å². The normalized spacial score (nSPS) is 18.9. The van der Waals surface area contributed by atoms with Crippen LogP contribution < -0.4 is 10.1 Å². The van der Waals surface area contributed by atoms with E-state index in [2.05, 4.69) is 50.5 Å². The molecule has 1 fully saturated rings. The molecule has 0 amide bonds. The van der Waals surface area contributed by atoms with Crippen LogP contribution in [0.5, 0.6) is 5.75 Å². The highest BCUT2D eigenvalue weighted by molar-refractivity contribution is 5.37. The zero-order chi connectivity index (χ0) is 14.4. The maximum absolute atomic E-state index is 5.98. The fourth-order valence-corrected chi connectivity index (χ4v) is 3.78. The molecule has 0 radical (unpaired) electrons. The molecule has 1 atom stereocenters. The molecule has 0 aromatic heterocycles. The molecular formula is C18H29NO. The Morgan fingerprint density at radius 1 is 1.20 bits per heavy atom. The van der Waals surface area contributed by atoms with Gasteiger partial charge < -0.3 is 10.1 Å². The van der Waals surface area contributed by atoms with E-state index < -0.39 is 0 Å². The molecule has 0 saturated heterocycles. The summed E-state index contributed by atoms with van der Waals surface area (Å²) in [5.41, 5.74) is 1.74. The van der Waals surface area contributed by atoms with E-state index in [1.807, 2.05) is 0 Å². The average Bonchev–Trinajstić information content (AvgIpc) is 2.97. The number of hydrogen-bond donors (Lipinski definition) is 1. The molecule has 1 aliphatic rings. The predicted octanol–water partition coefficient (Wildman–Crippen LogP) is 4.71. The van der Waals surface area contributed by atoms with E-state index in [0.717, 1.165) is 18.8 Å². The van der Waals surface area contributed by atoms with Crippen LogP contribution in [-0.4, -0.2) is 13.7 Å². The third kappa shape index (κ3) is 3.01. The van der Waals surface area contributed by atoms with E-state index in [1.54, 1.807) is 0 Å². The summed E-state index contributed by atoms with van der Waals surface area (Å²) in [6.07, 6.45) is 7.68. The molecular weight excluding hydrogens is 246 g/mol. The number of nitrogens with one attached hydrogen (secondary N) is 1. The zero-order valence-electron chi connectivity index (χ0n) is 13.2. The minimum Gasteiger partial charge on any atom is -0.493 e. The molecule has 1 N–H and O–H groups in total. The molecule has 2 nitrogen and oxygen atoms in total. The first-order valence-corrected chi connectivity index (χ1v) is 8.16. The van der Waals surface area contributed by atoms with E-state index in [-0.39, 0.29) is 0 Å². The second-order valence-electron chi connectivity index (χ2n) is 6.03. The van der Waals surface area contributed by atoms with Crippen molar-refractivity contribution in [2.45, 2.75) is 58.4 Å². The van der Waals surface area contributed by atoms with Gasteiger partial charge >= 0.3 is 0 Å². The summed E-state index contributed by atoms with van der Waals surface area (Å²) < 4.78 is 5.98. The van der Waals surface area contributed by atoms with Gasteiger partial charge in [0.25, 0.3) is 0 Å². The van der Waals surface area contributed by atoms with Crippen molar-refractivity contribution in [2.24, 2.45) is 5.41 Å². The highest BCUT2D eigenvalue weighted by Crippen LogP contribution is 2.51. The van der Waals surface area contributed by atoms with Crippen LogP contribution in [0.25, 0.3) is 0 Å². The zero-order valence-corrected chi connectivity index (χ0v) is 13.2. The maximum atomic E-state index is 5.98. The minimum atomic E-state index is 0.403. The summed E-state index contributed by atoms with van der Waals surface area (Å²) in [4.78, 5) is 0. The summed E-state index contributed by atoms with van der Waals surface area (Å²) >= 11 is 0. The van der Waals surface area contributed by atoms with E-state index in [0.29, 0.717) is 11.5 Å². The Morgan fingerprint density at radius 2 is 1.90 bits per heavy atom. The van der Waals surface area contributed by atoms with Gasteiger partial charge in [-0.2, -0.15) is 0 Å². The second kappa shape index (κ2) is 7.12. The highest BCUT2D eigenvalue weighted by atomic mass is 16.5. The molecule has 1 aliphatic carbocycles. The van der Waals surface area contributed by atoms with Crippen LogP contribution >= 0.6 is 0 Å². The van der Waals surface area contributed by atoms with Crippen LogP contribution in [0.2, 0.25) is 0 Å². The highest BCUT2D eigenvalue weighted by Gasteiger charge is 2.40. The van der Waals surface area contributed by atoms with Crippen LogP contribution in [0.1, 0.15) is 64.0 Å². The summed E-state index contributed by atoms with van der Waals surface area (Å²) in [5.74, 6) is 1.06. The topological polar surface area (TPSA) is 21.3 Å². The largest absolute Gasteiger partial charge is 0.493 e. The standard InChI is InChI=1S/C18H29NO/c1-4-14-20-16-11-7-6-10-15(16)17(19-3)18(5-2)12-8-9-13-18/h6-7,10-11,17,19H,4-5,8-9,12-14H2,1-3H3. The van der Waals surface area contributed by atoms with Crippen LogP contribution in [-0.2, 0) is 0 Å². The molecule has 1 aromatic rings. The van der Waals surface area contributed by atoms with Crippen molar-refractivity contribution in [3.63, 3.8) is 0 Å². The molecule has 0 heterocycles. The SMILES string of the molecule is CCCOc1ccccc1C(NC)C1(CC)CCCC1. The predicted molar refractivity (Wildman–Crippen MR) is 85.2 cm³/mol. The summed E-state index contributed by atoms with van der Waals surface area (Å²) in [7, 11) is 2.09. The Bertz CT molecular complexity index is 410. The lowest BCUT2D eigenvalue weighted by molar-refractivity contribution is 0.189. The van der Waals surface area contributed by atoms with Crippen LogP contribution in [0.3, 0.4) is 0 Å². The van der Waals surface area contributed by atoms with Crippen LogP contribution in [0.4, 0.5) is 0 Å². The Kier molecular flexibility index (Phi) is 5.47. The number of para-hydroxylation sites is 1. The molecule has 0 spiro atoms. The maximum Gasteiger partial charge on any atom is 0.124 e. The number of hydrogen-bond acceptors (Lipinski definition) is 2. The monoisotopic (exact) mass is 275 g/mol. The Hall–Kier alpha value is -1.02. The first-order chi connectivity index (χ1) is 9.77. The van der Waals surface area contributed by atoms with Gasteiger partial charge in [-0.15, -0.1) is 0 Å². The fourth-order valence-electron chi connectivity index (χ4n) is 3.78. The van der Waals surface area contributed by atoms with Gasteiger partial charge in [0.15, 0.2) is 0 Å². The summed E-state index contributed by atoms with van der Waals surface area (Å²) in [6, 6.07) is 8.98. The van der Waals surface area contributed by atoms with E-state index in [4.69, 9.17) is 4.74 Å². The molecule has 20 heavy (non-hydrogen) atoms. The van der Waals surface area contributed by atoms with E-state index in [1.165, 1.54) is 37.7 Å². The number of benzene rings is 1. The van der Waals surface area contributed by atoms with Crippen LogP contribution in [0.15, 0.2) is 24.3 Å². The van der Waals surface area contributed by atoms with Crippen molar-refractivity contribution in [3.05, 3.63) is 29.8 Å². The molecule has 1 aromatic carbocycles. The van der Waals surface area contributed by atoms with Crippen molar-refractivity contribution < 1.29 is 4.74 Å². The third-order valence-corrected chi connectivity index (χ3v) is 4.90. The Balaban J connectivity index is 2.31. The summed E-state index contributed by atoms with van der Waals surface area (Å²) in [6.45, 7) is 5.29. The lowest BCUT2D eigenvalue weighted by Crippen LogP contribution is -2.34. The summed E-state index contributed by atoms with van der Waals surface area (Å²) in [5, 5.41) is 3.59. The average molecular weight is 275 g/mol. The van der Waals surface area contributed by atoms with Crippen molar-refractivity contribution in [3.8, 4) is 5.75 Å². The molecule has 0 aliphatic heterocycles. The van der Waals surface area contributed by atoms with E-state index >= 15 is 0 Å².